The molecule has 3 aromatic carbocycles. The number of anilines is 1. The van der Waals surface area contributed by atoms with E-state index in [1.807, 2.05) is 36.4 Å². The molecule has 0 amide bonds. The summed E-state index contributed by atoms with van der Waals surface area (Å²) in [6.07, 6.45) is 0. The highest BCUT2D eigenvalue weighted by Gasteiger charge is 2.08. The van der Waals surface area contributed by atoms with Crippen molar-refractivity contribution in [3.05, 3.63) is 87.4 Å². The minimum absolute atomic E-state index is 0.501. The molecule has 0 aromatic heterocycles. The van der Waals surface area contributed by atoms with Crippen molar-refractivity contribution in [2.75, 3.05) is 12.4 Å². The van der Waals surface area contributed by atoms with Crippen LogP contribution in [0.4, 0.5) is 5.69 Å². The molecule has 0 bridgehead atoms. The lowest BCUT2D eigenvalue weighted by atomic mass is 10.1. The highest BCUT2D eigenvalue weighted by molar-refractivity contribution is 6.36. The van der Waals surface area contributed by atoms with Crippen molar-refractivity contribution in [1.29, 1.82) is 0 Å². The number of methoxy groups -OCH3 is 1. The van der Waals surface area contributed by atoms with Crippen LogP contribution < -0.4 is 14.8 Å². The molecule has 0 unspecified atom stereocenters. The Balaban J connectivity index is 1.67. The molecule has 0 aliphatic carbocycles. The zero-order valence-corrected chi connectivity index (χ0v) is 16.8. The first kappa shape index (κ1) is 19.4. The summed E-state index contributed by atoms with van der Waals surface area (Å²) < 4.78 is 11.5. The second-order valence-electron chi connectivity index (χ2n) is 6.18. The van der Waals surface area contributed by atoms with Gasteiger partial charge in [-0.15, -0.1) is 0 Å². The van der Waals surface area contributed by atoms with E-state index in [0.29, 0.717) is 34.7 Å². The van der Waals surface area contributed by atoms with Gasteiger partial charge in [-0.3, -0.25) is 0 Å². The monoisotopic (exact) mass is 401 g/mol. The molecule has 0 aliphatic rings. The average Bonchev–Trinajstić information content (AvgIpc) is 2.67. The topological polar surface area (TPSA) is 30.5 Å². The molecule has 0 fully saturated rings. The summed E-state index contributed by atoms with van der Waals surface area (Å²) >= 11 is 12.1. The first-order valence-electron chi connectivity index (χ1n) is 8.60. The van der Waals surface area contributed by atoms with E-state index >= 15 is 0 Å². The van der Waals surface area contributed by atoms with Gasteiger partial charge in [0.2, 0.25) is 0 Å². The molecule has 3 rings (SSSR count). The van der Waals surface area contributed by atoms with Crippen LogP contribution in [0.3, 0.4) is 0 Å². The summed E-state index contributed by atoms with van der Waals surface area (Å²) in [6.45, 7) is 3.18. The Morgan fingerprint density at radius 2 is 1.74 bits per heavy atom. The highest BCUT2D eigenvalue weighted by atomic mass is 35.5. The molecule has 0 saturated heterocycles. The molecular weight excluding hydrogens is 381 g/mol. The largest absolute Gasteiger partial charge is 0.493 e. The first-order valence-corrected chi connectivity index (χ1v) is 9.35. The fraction of sp³-hybridized carbons (Fsp3) is 0.182. The van der Waals surface area contributed by atoms with Crippen LogP contribution in [0.15, 0.2) is 60.7 Å². The number of nitrogens with one attached hydrogen (secondary N) is 1. The fourth-order valence-electron chi connectivity index (χ4n) is 2.70. The number of hydrogen-bond acceptors (Lipinski definition) is 3. The van der Waals surface area contributed by atoms with Crippen LogP contribution >= 0.6 is 23.2 Å². The third-order valence-corrected chi connectivity index (χ3v) is 4.83. The van der Waals surface area contributed by atoms with Crippen LogP contribution in [0.5, 0.6) is 11.5 Å². The number of benzene rings is 3. The maximum Gasteiger partial charge on any atom is 0.161 e. The Hall–Kier alpha value is -2.36. The minimum Gasteiger partial charge on any atom is -0.493 e. The summed E-state index contributed by atoms with van der Waals surface area (Å²) in [5.74, 6) is 1.42. The molecule has 0 heterocycles. The molecular formula is C22H21Cl2NO2. The zero-order chi connectivity index (χ0) is 19.2. The van der Waals surface area contributed by atoms with Crippen molar-refractivity contribution in [1.82, 2.24) is 0 Å². The van der Waals surface area contributed by atoms with Crippen molar-refractivity contribution in [3.63, 3.8) is 0 Å². The predicted molar refractivity (Wildman–Crippen MR) is 112 cm³/mol. The summed E-state index contributed by atoms with van der Waals surface area (Å²) in [4.78, 5) is 0. The van der Waals surface area contributed by atoms with Crippen molar-refractivity contribution < 1.29 is 9.47 Å². The third-order valence-electron chi connectivity index (χ3n) is 4.29. The SMILES string of the molecule is COc1cc(CNc2ccc(Cl)cc2Cl)ccc1OCc1ccccc1C. The van der Waals surface area contributed by atoms with E-state index in [9.17, 15) is 0 Å². The molecule has 0 aliphatic heterocycles. The zero-order valence-electron chi connectivity index (χ0n) is 15.3. The van der Waals surface area contributed by atoms with Gasteiger partial charge in [-0.2, -0.15) is 0 Å². The second kappa shape index (κ2) is 9.03. The maximum absolute atomic E-state index is 6.20. The standard InChI is InChI=1S/C22H21Cl2NO2/c1-15-5-3-4-6-17(15)14-27-21-10-7-16(11-22(21)26-2)13-25-20-9-8-18(23)12-19(20)24/h3-12,25H,13-14H2,1-2H3. The number of rotatable bonds is 7. The van der Waals surface area contributed by atoms with Crippen LogP contribution in [0, 0.1) is 6.92 Å². The lowest BCUT2D eigenvalue weighted by molar-refractivity contribution is 0.283. The van der Waals surface area contributed by atoms with Crippen LogP contribution in [-0.2, 0) is 13.2 Å². The molecule has 5 heteroatoms. The predicted octanol–water partition coefficient (Wildman–Crippen LogP) is 6.50. The van der Waals surface area contributed by atoms with Crippen LogP contribution in [-0.4, -0.2) is 7.11 Å². The number of hydrogen-bond donors (Lipinski definition) is 1. The molecule has 0 spiro atoms. The van der Waals surface area contributed by atoms with Gasteiger partial charge in [0.05, 0.1) is 17.8 Å². The summed E-state index contributed by atoms with van der Waals surface area (Å²) in [5, 5.41) is 4.51. The summed E-state index contributed by atoms with van der Waals surface area (Å²) in [7, 11) is 1.64. The van der Waals surface area contributed by atoms with E-state index < -0.39 is 0 Å². The Kier molecular flexibility index (Phi) is 6.49. The van der Waals surface area contributed by atoms with Gasteiger partial charge in [0, 0.05) is 11.6 Å². The van der Waals surface area contributed by atoms with Gasteiger partial charge in [0.1, 0.15) is 6.61 Å². The first-order chi connectivity index (χ1) is 13.1. The average molecular weight is 402 g/mol. The number of ether oxygens (including phenoxy) is 2. The molecule has 27 heavy (non-hydrogen) atoms. The van der Waals surface area contributed by atoms with Gasteiger partial charge in [-0.25, -0.2) is 0 Å². The Morgan fingerprint density at radius 3 is 2.48 bits per heavy atom. The smallest absolute Gasteiger partial charge is 0.161 e. The lowest BCUT2D eigenvalue weighted by Crippen LogP contribution is -2.02. The summed E-state index contributed by atoms with van der Waals surface area (Å²) in [5.41, 5.74) is 4.25. The molecule has 0 saturated carbocycles. The van der Waals surface area contributed by atoms with E-state index in [1.54, 1.807) is 19.2 Å². The van der Waals surface area contributed by atoms with Gasteiger partial charge in [-0.05, 0) is 53.9 Å². The number of halogens is 2. The molecule has 3 aromatic rings. The van der Waals surface area contributed by atoms with Crippen LogP contribution in [0.2, 0.25) is 10.0 Å². The molecule has 3 nitrogen and oxygen atoms in total. The Labute approximate surface area is 169 Å². The van der Waals surface area contributed by atoms with Gasteiger partial charge in [-0.1, -0.05) is 53.5 Å². The quantitative estimate of drug-likeness (QED) is 0.489. The molecule has 0 atom stereocenters. The van der Waals surface area contributed by atoms with Crippen molar-refractivity contribution in [3.8, 4) is 11.5 Å². The van der Waals surface area contributed by atoms with E-state index in [-0.39, 0.29) is 0 Å². The van der Waals surface area contributed by atoms with Crippen molar-refractivity contribution in [2.45, 2.75) is 20.1 Å². The van der Waals surface area contributed by atoms with Crippen LogP contribution in [0.25, 0.3) is 0 Å². The molecule has 140 valence electrons. The lowest BCUT2D eigenvalue weighted by Gasteiger charge is -2.14. The summed E-state index contributed by atoms with van der Waals surface area (Å²) in [6, 6.07) is 19.5. The van der Waals surface area contributed by atoms with Gasteiger partial charge in [0.15, 0.2) is 11.5 Å². The van der Waals surface area contributed by atoms with Crippen LogP contribution in [0.1, 0.15) is 16.7 Å². The third kappa shape index (κ3) is 5.09. The van der Waals surface area contributed by atoms with Gasteiger partial charge < -0.3 is 14.8 Å². The van der Waals surface area contributed by atoms with Gasteiger partial charge in [0.25, 0.3) is 0 Å². The van der Waals surface area contributed by atoms with E-state index in [2.05, 4.69) is 24.4 Å². The molecule has 1 N–H and O–H groups in total. The van der Waals surface area contributed by atoms with Crippen molar-refractivity contribution >= 4 is 28.9 Å². The van der Waals surface area contributed by atoms with Gasteiger partial charge >= 0.3 is 0 Å². The normalized spacial score (nSPS) is 10.5. The highest BCUT2D eigenvalue weighted by Crippen LogP contribution is 2.30. The fourth-order valence-corrected chi connectivity index (χ4v) is 3.17. The number of aryl methyl sites for hydroxylation is 1. The second-order valence-corrected chi connectivity index (χ2v) is 7.02. The van der Waals surface area contributed by atoms with E-state index in [0.717, 1.165) is 16.8 Å². The van der Waals surface area contributed by atoms with Crippen molar-refractivity contribution in [2.24, 2.45) is 0 Å². The Bertz CT molecular complexity index is 928. The Morgan fingerprint density at radius 1 is 0.926 bits per heavy atom. The minimum atomic E-state index is 0.501. The maximum atomic E-state index is 6.20. The van der Waals surface area contributed by atoms with E-state index in [4.69, 9.17) is 32.7 Å². The molecule has 0 radical (unpaired) electrons. The van der Waals surface area contributed by atoms with E-state index in [1.165, 1.54) is 5.56 Å².